The number of hydrogen-bond acceptors (Lipinski definition) is 3. The summed E-state index contributed by atoms with van der Waals surface area (Å²) in [5, 5.41) is 0. The number of rotatable bonds is 1. The first-order chi connectivity index (χ1) is 5.66. The predicted octanol–water partition coefficient (Wildman–Crippen LogP) is 0.333. The number of hydrogen-bond donors (Lipinski definition) is 0. The molecular weight excluding hydrogens is 158 g/mol. The second kappa shape index (κ2) is 3.30. The second-order valence-corrected chi connectivity index (χ2v) is 2.48. The maximum atomic E-state index is 11.1. The minimum atomic E-state index is -0.833. The highest BCUT2D eigenvalue weighted by atomic mass is 16.5. The van der Waals surface area contributed by atoms with E-state index < -0.39 is 17.8 Å². The van der Waals surface area contributed by atoms with Crippen molar-refractivity contribution in [3.05, 3.63) is 11.6 Å². The highest BCUT2D eigenvalue weighted by molar-refractivity contribution is 6.07. The van der Waals surface area contributed by atoms with E-state index in [4.69, 9.17) is 0 Å². The Hall–Kier alpha value is -1.45. The molecule has 4 heteroatoms. The van der Waals surface area contributed by atoms with Gasteiger partial charge in [0.2, 0.25) is 0 Å². The normalized spacial score (nSPS) is 22.0. The Morgan fingerprint density at radius 1 is 1.67 bits per heavy atom. The van der Waals surface area contributed by atoms with Crippen LogP contribution in [-0.2, 0) is 14.3 Å². The molecule has 0 radical (unpaired) electrons. The largest absolute Gasteiger partial charge is 0.468 e. The van der Waals surface area contributed by atoms with Gasteiger partial charge in [-0.25, -0.2) is 4.99 Å². The molecule has 64 valence electrons. The van der Waals surface area contributed by atoms with Gasteiger partial charge in [0, 0.05) is 6.21 Å². The van der Waals surface area contributed by atoms with E-state index in [9.17, 15) is 9.59 Å². The molecule has 0 saturated heterocycles. The molecule has 1 heterocycles. The number of carbonyl (C=O) groups excluding carboxylic acids is 2. The van der Waals surface area contributed by atoms with Crippen LogP contribution in [0.5, 0.6) is 0 Å². The van der Waals surface area contributed by atoms with Gasteiger partial charge >= 0.3 is 5.97 Å². The molecular formula is C8H9NO3. The number of amides is 1. The summed E-state index contributed by atoms with van der Waals surface area (Å²) in [6.45, 7) is 1.70. The van der Waals surface area contributed by atoms with Crippen molar-refractivity contribution in [1.82, 2.24) is 0 Å². The van der Waals surface area contributed by atoms with Gasteiger partial charge in [0.05, 0.1) is 7.11 Å². The molecule has 1 aliphatic heterocycles. The van der Waals surface area contributed by atoms with E-state index in [1.807, 2.05) is 0 Å². The summed E-state index contributed by atoms with van der Waals surface area (Å²) in [5.74, 6) is -1.84. The fraction of sp³-hybridized carbons (Fsp3) is 0.375. The first kappa shape index (κ1) is 8.64. The molecule has 1 aliphatic rings. The molecule has 1 atom stereocenters. The Morgan fingerprint density at radius 2 is 2.33 bits per heavy atom. The number of esters is 1. The van der Waals surface area contributed by atoms with Crippen LogP contribution < -0.4 is 0 Å². The lowest BCUT2D eigenvalue weighted by atomic mass is 9.98. The third-order valence-electron chi connectivity index (χ3n) is 1.68. The summed E-state index contributed by atoms with van der Waals surface area (Å²) in [7, 11) is 1.25. The fourth-order valence-corrected chi connectivity index (χ4v) is 0.998. The third kappa shape index (κ3) is 1.42. The van der Waals surface area contributed by atoms with Crippen LogP contribution in [0.3, 0.4) is 0 Å². The molecule has 0 N–H and O–H groups in total. The number of methoxy groups -OCH3 is 1. The summed E-state index contributed by atoms with van der Waals surface area (Å²) in [5.41, 5.74) is 0.668. The summed E-state index contributed by atoms with van der Waals surface area (Å²) in [6, 6.07) is 0. The average Bonchev–Trinajstić information content (AvgIpc) is 2.03. The summed E-state index contributed by atoms with van der Waals surface area (Å²) in [6.07, 6.45) is 3.01. The average molecular weight is 167 g/mol. The molecule has 0 aromatic heterocycles. The van der Waals surface area contributed by atoms with Crippen LogP contribution in [0.1, 0.15) is 6.92 Å². The van der Waals surface area contributed by atoms with Crippen molar-refractivity contribution in [2.75, 3.05) is 7.11 Å². The first-order valence-electron chi connectivity index (χ1n) is 3.49. The van der Waals surface area contributed by atoms with E-state index >= 15 is 0 Å². The van der Waals surface area contributed by atoms with Gasteiger partial charge in [-0.1, -0.05) is 0 Å². The number of dihydropyridines is 1. The van der Waals surface area contributed by atoms with Gasteiger partial charge in [0.15, 0.2) is 5.92 Å². The summed E-state index contributed by atoms with van der Waals surface area (Å²) >= 11 is 0. The summed E-state index contributed by atoms with van der Waals surface area (Å²) in [4.78, 5) is 25.6. The van der Waals surface area contributed by atoms with Crippen LogP contribution in [0.2, 0.25) is 0 Å². The number of nitrogens with zero attached hydrogens (tertiary/aromatic N) is 1. The standard InChI is InChI=1S/C8H9NO3/c1-5-3-4-9-7(10)6(5)8(11)12-2/h3-4,6H,1-2H3. The molecule has 1 amide bonds. The molecule has 0 saturated carbocycles. The van der Waals surface area contributed by atoms with Crippen molar-refractivity contribution in [3.8, 4) is 0 Å². The Balaban J connectivity index is 2.89. The smallest absolute Gasteiger partial charge is 0.322 e. The number of allylic oxidation sites excluding steroid dienone is 1. The Morgan fingerprint density at radius 3 is 2.83 bits per heavy atom. The zero-order valence-corrected chi connectivity index (χ0v) is 6.90. The maximum absolute atomic E-state index is 11.1. The molecule has 12 heavy (non-hydrogen) atoms. The van der Waals surface area contributed by atoms with Gasteiger partial charge < -0.3 is 4.74 Å². The van der Waals surface area contributed by atoms with Gasteiger partial charge in [-0.05, 0) is 18.6 Å². The summed E-state index contributed by atoms with van der Waals surface area (Å²) < 4.78 is 4.46. The molecule has 0 spiro atoms. The van der Waals surface area contributed by atoms with E-state index in [2.05, 4.69) is 9.73 Å². The Kier molecular flexibility index (Phi) is 2.38. The van der Waals surface area contributed by atoms with Gasteiger partial charge in [0.25, 0.3) is 5.91 Å². The van der Waals surface area contributed by atoms with Crippen molar-refractivity contribution in [2.45, 2.75) is 6.92 Å². The molecule has 0 aromatic rings. The molecule has 4 nitrogen and oxygen atoms in total. The van der Waals surface area contributed by atoms with E-state index in [0.717, 1.165) is 0 Å². The van der Waals surface area contributed by atoms with Gasteiger partial charge in [-0.3, -0.25) is 9.59 Å². The molecule has 0 aliphatic carbocycles. The van der Waals surface area contributed by atoms with Crippen LogP contribution in [0.4, 0.5) is 0 Å². The number of aliphatic imine (C=N–C) groups is 1. The third-order valence-corrected chi connectivity index (χ3v) is 1.68. The van der Waals surface area contributed by atoms with Crippen molar-refractivity contribution in [1.29, 1.82) is 0 Å². The van der Waals surface area contributed by atoms with Gasteiger partial charge in [-0.2, -0.15) is 0 Å². The number of ether oxygens (including phenoxy) is 1. The predicted molar refractivity (Wildman–Crippen MR) is 42.8 cm³/mol. The van der Waals surface area contributed by atoms with Crippen molar-refractivity contribution in [3.63, 3.8) is 0 Å². The topological polar surface area (TPSA) is 55.7 Å². The van der Waals surface area contributed by atoms with Crippen LogP contribution in [-0.4, -0.2) is 25.2 Å². The minimum Gasteiger partial charge on any atom is -0.468 e. The lowest BCUT2D eigenvalue weighted by Gasteiger charge is -2.13. The van der Waals surface area contributed by atoms with Gasteiger partial charge in [0.1, 0.15) is 0 Å². The van der Waals surface area contributed by atoms with Crippen molar-refractivity contribution < 1.29 is 14.3 Å². The van der Waals surface area contributed by atoms with E-state index in [1.54, 1.807) is 13.0 Å². The Bertz CT molecular complexity index is 278. The van der Waals surface area contributed by atoms with Crippen LogP contribution >= 0.6 is 0 Å². The van der Waals surface area contributed by atoms with Crippen molar-refractivity contribution in [2.24, 2.45) is 10.9 Å². The van der Waals surface area contributed by atoms with Gasteiger partial charge in [-0.15, -0.1) is 0 Å². The highest BCUT2D eigenvalue weighted by Gasteiger charge is 2.29. The minimum absolute atomic E-state index is 0.457. The lowest BCUT2D eigenvalue weighted by molar-refractivity contribution is -0.147. The Labute approximate surface area is 69.9 Å². The monoisotopic (exact) mass is 167 g/mol. The molecule has 1 rings (SSSR count). The lowest BCUT2D eigenvalue weighted by Crippen LogP contribution is -2.27. The number of carbonyl (C=O) groups is 2. The van der Waals surface area contributed by atoms with Crippen LogP contribution in [0.15, 0.2) is 16.6 Å². The van der Waals surface area contributed by atoms with Crippen molar-refractivity contribution >= 4 is 18.1 Å². The zero-order chi connectivity index (χ0) is 9.14. The molecule has 0 aromatic carbocycles. The molecule has 0 bridgehead atoms. The van der Waals surface area contributed by atoms with E-state index in [0.29, 0.717) is 5.57 Å². The fourth-order valence-electron chi connectivity index (χ4n) is 0.998. The van der Waals surface area contributed by atoms with E-state index in [1.165, 1.54) is 13.3 Å². The highest BCUT2D eigenvalue weighted by Crippen LogP contribution is 2.16. The molecule has 0 fully saturated rings. The quantitative estimate of drug-likeness (QED) is 0.417. The zero-order valence-electron chi connectivity index (χ0n) is 6.90. The SMILES string of the molecule is COC(=O)C1C(=O)N=CC=C1C. The van der Waals surface area contributed by atoms with Crippen LogP contribution in [0.25, 0.3) is 0 Å². The first-order valence-corrected chi connectivity index (χ1v) is 3.49. The second-order valence-electron chi connectivity index (χ2n) is 2.48. The maximum Gasteiger partial charge on any atom is 0.322 e. The molecule has 1 unspecified atom stereocenters. The van der Waals surface area contributed by atoms with Crippen LogP contribution in [0, 0.1) is 5.92 Å². The van der Waals surface area contributed by atoms with E-state index in [-0.39, 0.29) is 0 Å².